The molecule has 0 spiro atoms. The van der Waals surface area contributed by atoms with Crippen LogP contribution in [0.4, 0.5) is 5.82 Å². The molecule has 0 aliphatic carbocycles. The van der Waals surface area contributed by atoms with E-state index in [0.29, 0.717) is 0 Å². The number of aromatic nitrogens is 2. The van der Waals surface area contributed by atoms with Crippen LogP contribution in [0.25, 0.3) is 22.1 Å². The molecule has 0 unspecified atom stereocenters. The number of para-hydroxylation sites is 1. The van der Waals surface area contributed by atoms with Crippen LogP contribution in [-0.4, -0.2) is 36.1 Å². The Labute approximate surface area is 110 Å². The lowest BCUT2D eigenvalue weighted by molar-refractivity contribution is -0.655. The second kappa shape index (κ2) is 4.20. The Morgan fingerprint density at radius 2 is 1.95 bits per heavy atom. The molecule has 1 aliphatic heterocycles. The van der Waals surface area contributed by atoms with Gasteiger partial charge in [-0.25, -0.2) is 9.97 Å². The van der Waals surface area contributed by atoms with Gasteiger partial charge in [0.1, 0.15) is 17.4 Å². The van der Waals surface area contributed by atoms with Crippen LogP contribution in [0, 0.1) is 0 Å². The lowest BCUT2D eigenvalue weighted by Gasteiger charge is -2.25. The molecule has 5 nitrogen and oxygen atoms in total. The zero-order chi connectivity index (χ0) is 12.7. The molecular weight excluding hydrogens is 240 g/mol. The Morgan fingerprint density at radius 3 is 2.84 bits per heavy atom. The predicted octanol–water partition coefficient (Wildman–Crippen LogP) is 0.759. The number of quaternary nitrogens is 1. The van der Waals surface area contributed by atoms with Crippen LogP contribution >= 0.6 is 0 Å². The molecule has 0 bridgehead atoms. The van der Waals surface area contributed by atoms with Crippen molar-refractivity contribution in [3.05, 3.63) is 30.6 Å². The normalized spacial score (nSPS) is 16.3. The minimum Gasteiger partial charge on any atom is -0.450 e. The van der Waals surface area contributed by atoms with Crippen LogP contribution < -0.4 is 10.2 Å². The zero-order valence-corrected chi connectivity index (χ0v) is 10.5. The predicted molar refractivity (Wildman–Crippen MR) is 73.2 cm³/mol. The van der Waals surface area contributed by atoms with Gasteiger partial charge in [0.15, 0.2) is 11.4 Å². The second-order valence-electron chi connectivity index (χ2n) is 4.83. The van der Waals surface area contributed by atoms with Crippen LogP contribution in [0.2, 0.25) is 0 Å². The Morgan fingerprint density at radius 1 is 1.11 bits per heavy atom. The maximum Gasteiger partial charge on any atom is 0.196 e. The molecular formula is C14H15N4O+. The summed E-state index contributed by atoms with van der Waals surface area (Å²) in [6.07, 6.45) is 1.64. The van der Waals surface area contributed by atoms with Crippen LogP contribution in [0.5, 0.6) is 0 Å². The van der Waals surface area contributed by atoms with Crippen molar-refractivity contribution in [1.82, 2.24) is 9.97 Å². The number of benzene rings is 1. The number of hydrogen-bond donors (Lipinski definition) is 1. The number of nitrogens with zero attached hydrogens (tertiary/aromatic N) is 3. The van der Waals surface area contributed by atoms with E-state index in [9.17, 15) is 0 Å². The van der Waals surface area contributed by atoms with E-state index in [1.165, 1.54) is 0 Å². The standard InChI is InChI=1S/C14H14N4O/c1-2-4-11-10(3-1)12-13(19-11)14(17-9-16-12)18-7-5-15-6-8-18/h1-4,9,15H,5-8H2/p+1. The number of rotatable bonds is 1. The molecule has 3 heterocycles. The number of furan rings is 1. The fourth-order valence-electron chi connectivity index (χ4n) is 2.70. The van der Waals surface area contributed by atoms with Crippen molar-refractivity contribution in [2.45, 2.75) is 0 Å². The quantitative estimate of drug-likeness (QED) is 0.697. The Hall–Kier alpha value is -2.14. The summed E-state index contributed by atoms with van der Waals surface area (Å²) < 4.78 is 5.96. The van der Waals surface area contributed by atoms with Gasteiger partial charge < -0.3 is 14.6 Å². The largest absolute Gasteiger partial charge is 0.450 e. The van der Waals surface area contributed by atoms with E-state index in [1.807, 2.05) is 24.3 Å². The van der Waals surface area contributed by atoms with E-state index < -0.39 is 0 Å². The summed E-state index contributed by atoms with van der Waals surface area (Å²) >= 11 is 0. The van der Waals surface area contributed by atoms with Gasteiger partial charge in [-0.15, -0.1) is 0 Å². The average Bonchev–Trinajstić information content (AvgIpc) is 2.87. The number of hydrogen-bond acceptors (Lipinski definition) is 4. The van der Waals surface area contributed by atoms with Crippen molar-refractivity contribution in [1.29, 1.82) is 0 Å². The second-order valence-corrected chi connectivity index (χ2v) is 4.83. The summed E-state index contributed by atoms with van der Waals surface area (Å²) in [5.41, 5.74) is 2.60. The molecule has 0 radical (unpaired) electrons. The lowest BCUT2D eigenvalue weighted by Crippen LogP contribution is -2.89. The fraction of sp³-hybridized carbons (Fsp3) is 0.286. The Balaban J connectivity index is 1.95. The number of fused-ring (bicyclic) bond motifs is 3. The first kappa shape index (κ1) is 10.8. The Kier molecular flexibility index (Phi) is 2.38. The zero-order valence-electron chi connectivity index (χ0n) is 10.5. The van der Waals surface area contributed by atoms with Gasteiger partial charge in [0.2, 0.25) is 0 Å². The van der Waals surface area contributed by atoms with Crippen molar-refractivity contribution in [2.75, 3.05) is 31.1 Å². The first-order chi connectivity index (χ1) is 9.43. The molecule has 0 amide bonds. The third-order valence-corrected chi connectivity index (χ3v) is 3.65. The van der Waals surface area contributed by atoms with Crippen LogP contribution in [0.1, 0.15) is 0 Å². The highest BCUT2D eigenvalue weighted by Gasteiger charge is 2.20. The molecule has 3 aromatic rings. The first-order valence-electron chi connectivity index (χ1n) is 6.62. The van der Waals surface area contributed by atoms with Gasteiger partial charge in [0, 0.05) is 5.39 Å². The van der Waals surface area contributed by atoms with E-state index >= 15 is 0 Å². The van der Waals surface area contributed by atoms with Crippen molar-refractivity contribution >= 4 is 27.9 Å². The van der Waals surface area contributed by atoms with Gasteiger partial charge >= 0.3 is 0 Å². The van der Waals surface area contributed by atoms with E-state index in [4.69, 9.17) is 4.42 Å². The van der Waals surface area contributed by atoms with Gasteiger partial charge in [-0.3, -0.25) is 0 Å². The first-order valence-corrected chi connectivity index (χ1v) is 6.62. The van der Waals surface area contributed by atoms with Crippen molar-refractivity contribution < 1.29 is 9.73 Å². The average molecular weight is 255 g/mol. The molecule has 1 saturated heterocycles. The summed E-state index contributed by atoms with van der Waals surface area (Å²) in [7, 11) is 0. The van der Waals surface area contributed by atoms with Crippen molar-refractivity contribution in [3.63, 3.8) is 0 Å². The van der Waals surface area contributed by atoms with E-state index in [2.05, 4.69) is 20.2 Å². The number of anilines is 1. The molecule has 1 aromatic carbocycles. The molecule has 0 atom stereocenters. The maximum atomic E-state index is 5.96. The van der Waals surface area contributed by atoms with E-state index in [1.54, 1.807) is 6.33 Å². The third-order valence-electron chi connectivity index (χ3n) is 3.65. The number of piperazine rings is 1. The number of nitrogens with two attached hydrogens (primary N) is 1. The van der Waals surface area contributed by atoms with Crippen LogP contribution in [0.3, 0.4) is 0 Å². The molecule has 0 saturated carbocycles. The summed E-state index contributed by atoms with van der Waals surface area (Å²) in [4.78, 5) is 11.1. The van der Waals surface area contributed by atoms with Crippen LogP contribution in [0.15, 0.2) is 35.0 Å². The monoisotopic (exact) mass is 255 g/mol. The third kappa shape index (κ3) is 1.66. The molecule has 1 fully saturated rings. The summed E-state index contributed by atoms with van der Waals surface area (Å²) in [5.74, 6) is 0.925. The summed E-state index contributed by atoms with van der Waals surface area (Å²) in [5, 5.41) is 3.39. The molecule has 2 N–H and O–H groups in total. The van der Waals surface area contributed by atoms with Crippen molar-refractivity contribution in [2.24, 2.45) is 0 Å². The molecule has 4 rings (SSSR count). The van der Waals surface area contributed by atoms with Gasteiger partial charge in [0.05, 0.1) is 26.2 Å². The maximum absolute atomic E-state index is 5.96. The molecule has 96 valence electrons. The molecule has 5 heteroatoms. The fourth-order valence-corrected chi connectivity index (χ4v) is 2.70. The Bertz CT molecular complexity index is 730. The molecule has 1 aliphatic rings. The highest BCUT2D eigenvalue weighted by molar-refractivity contribution is 6.05. The van der Waals surface area contributed by atoms with E-state index in [-0.39, 0.29) is 0 Å². The minimum atomic E-state index is 0.811. The SMILES string of the molecule is c1ccc2c(c1)oc1c(N3CC[NH2+]CC3)ncnc12. The highest BCUT2D eigenvalue weighted by Crippen LogP contribution is 2.31. The lowest BCUT2D eigenvalue weighted by atomic mass is 10.2. The molecule has 19 heavy (non-hydrogen) atoms. The van der Waals surface area contributed by atoms with Crippen LogP contribution in [-0.2, 0) is 0 Å². The highest BCUT2D eigenvalue weighted by atomic mass is 16.3. The van der Waals surface area contributed by atoms with Crippen molar-refractivity contribution in [3.8, 4) is 0 Å². The van der Waals surface area contributed by atoms with Gasteiger partial charge in [-0.05, 0) is 12.1 Å². The van der Waals surface area contributed by atoms with Gasteiger partial charge in [0.25, 0.3) is 0 Å². The topological polar surface area (TPSA) is 58.8 Å². The van der Waals surface area contributed by atoms with E-state index in [0.717, 1.165) is 54.1 Å². The summed E-state index contributed by atoms with van der Waals surface area (Å²) in [6, 6.07) is 8.01. The summed E-state index contributed by atoms with van der Waals surface area (Å²) in [6.45, 7) is 4.21. The van der Waals surface area contributed by atoms with Gasteiger partial charge in [-0.2, -0.15) is 0 Å². The smallest absolute Gasteiger partial charge is 0.196 e. The minimum absolute atomic E-state index is 0.811. The molecule has 2 aromatic heterocycles. The van der Waals surface area contributed by atoms with Gasteiger partial charge in [-0.1, -0.05) is 12.1 Å².